The van der Waals surface area contributed by atoms with Crippen molar-refractivity contribution in [2.24, 2.45) is 0 Å². The number of nitrogens with two attached hydrogens (primary N) is 1. The lowest BCUT2D eigenvalue weighted by Gasteiger charge is -2.11. The Morgan fingerprint density at radius 1 is 1.04 bits per heavy atom. The average molecular weight is 343 g/mol. The first-order valence-electron chi connectivity index (χ1n) is 8.49. The molecule has 2 N–H and O–H groups in total. The van der Waals surface area contributed by atoms with Crippen LogP contribution in [0.2, 0.25) is 0 Å². The summed E-state index contributed by atoms with van der Waals surface area (Å²) in [6, 6.07) is 12.9. The number of hydrogen-bond donors (Lipinski definition) is 1. The summed E-state index contributed by atoms with van der Waals surface area (Å²) in [5, 5.41) is 0. The largest absolute Gasteiger partial charge is 0.494 e. The molecule has 2 aromatic rings. The van der Waals surface area contributed by atoms with E-state index >= 15 is 0 Å². The Morgan fingerprint density at radius 2 is 1.80 bits per heavy atom. The number of hydrogen-bond acceptors (Lipinski definition) is 5. The minimum Gasteiger partial charge on any atom is -0.494 e. The summed E-state index contributed by atoms with van der Waals surface area (Å²) in [5.74, 6) is 1.01. The van der Waals surface area contributed by atoms with E-state index in [0.717, 1.165) is 18.6 Å². The molecular weight excluding hydrogens is 318 g/mol. The van der Waals surface area contributed by atoms with Crippen molar-refractivity contribution in [3.05, 3.63) is 53.6 Å². The van der Waals surface area contributed by atoms with Gasteiger partial charge in [0.2, 0.25) is 0 Å². The number of carbonyl (C=O) groups excluding carboxylic acids is 1. The molecule has 0 saturated carbocycles. The number of esters is 1. The summed E-state index contributed by atoms with van der Waals surface area (Å²) in [4.78, 5) is 11.7. The van der Waals surface area contributed by atoms with Gasteiger partial charge in [-0.15, -0.1) is 0 Å². The number of rotatable bonds is 9. The molecule has 134 valence electrons. The molecule has 0 aliphatic heterocycles. The standard InChI is InChI=1S/C20H25NO4/c1-3-23-20(22)16-9-10-18(21)19(14-16)25-12-5-4-11-24-17-8-6-7-15(2)13-17/h6-10,13-14H,3-5,11-12,21H2,1-2H3. The Morgan fingerprint density at radius 3 is 2.52 bits per heavy atom. The molecule has 0 fully saturated rings. The van der Waals surface area contributed by atoms with Gasteiger partial charge in [-0.2, -0.15) is 0 Å². The molecule has 0 aliphatic carbocycles. The summed E-state index contributed by atoms with van der Waals surface area (Å²) in [6.45, 7) is 5.28. The SMILES string of the molecule is CCOC(=O)c1ccc(N)c(OCCCCOc2cccc(C)c2)c1. The predicted molar refractivity (Wildman–Crippen MR) is 98.2 cm³/mol. The molecule has 5 nitrogen and oxygen atoms in total. The number of unbranched alkanes of at least 4 members (excludes halogenated alkanes) is 1. The molecule has 0 saturated heterocycles. The van der Waals surface area contributed by atoms with Gasteiger partial charge in [0.1, 0.15) is 11.5 Å². The van der Waals surface area contributed by atoms with E-state index in [4.69, 9.17) is 19.9 Å². The molecule has 0 amide bonds. The van der Waals surface area contributed by atoms with E-state index in [2.05, 4.69) is 0 Å². The van der Waals surface area contributed by atoms with E-state index < -0.39 is 0 Å². The highest BCUT2D eigenvalue weighted by Gasteiger charge is 2.10. The Kier molecular flexibility index (Phi) is 7.14. The van der Waals surface area contributed by atoms with Crippen molar-refractivity contribution in [3.63, 3.8) is 0 Å². The molecule has 0 radical (unpaired) electrons. The van der Waals surface area contributed by atoms with Crippen LogP contribution in [0, 0.1) is 6.92 Å². The molecule has 0 aliphatic rings. The Labute approximate surface area is 148 Å². The summed E-state index contributed by atoms with van der Waals surface area (Å²) in [5.41, 5.74) is 8.01. The van der Waals surface area contributed by atoms with E-state index in [1.165, 1.54) is 5.56 Å². The summed E-state index contributed by atoms with van der Waals surface area (Å²) in [6.07, 6.45) is 1.69. The molecule has 0 spiro atoms. The maximum atomic E-state index is 11.7. The van der Waals surface area contributed by atoms with Crippen LogP contribution < -0.4 is 15.2 Å². The minimum absolute atomic E-state index is 0.334. The zero-order valence-corrected chi connectivity index (χ0v) is 14.8. The second-order valence-corrected chi connectivity index (χ2v) is 5.69. The van der Waals surface area contributed by atoms with Crippen molar-refractivity contribution in [2.75, 3.05) is 25.6 Å². The van der Waals surface area contributed by atoms with Gasteiger partial charge in [-0.05, 0) is 62.6 Å². The van der Waals surface area contributed by atoms with Crippen molar-refractivity contribution >= 4 is 11.7 Å². The number of anilines is 1. The van der Waals surface area contributed by atoms with Gasteiger partial charge in [0.15, 0.2) is 0 Å². The van der Waals surface area contributed by atoms with Crippen LogP contribution in [0.1, 0.15) is 35.7 Å². The third-order valence-electron chi connectivity index (χ3n) is 3.58. The van der Waals surface area contributed by atoms with Crippen LogP contribution in [0.3, 0.4) is 0 Å². The number of ether oxygens (including phenoxy) is 3. The van der Waals surface area contributed by atoms with Crippen molar-refractivity contribution < 1.29 is 19.0 Å². The van der Waals surface area contributed by atoms with Crippen molar-refractivity contribution in [1.29, 1.82) is 0 Å². The van der Waals surface area contributed by atoms with Crippen LogP contribution in [-0.2, 0) is 4.74 Å². The van der Waals surface area contributed by atoms with Crippen LogP contribution in [0.4, 0.5) is 5.69 Å². The van der Waals surface area contributed by atoms with Crippen molar-refractivity contribution in [3.8, 4) is 11.5 Å². The van der Waals surface area contributed by atoms with Gasteiger partial charge in [0.05, 0.1) is 31.1 Å². The highest BCUT2D eigenvalue weighted by atomic mass is 16.5. The lowest BCUT2D eigenvalue weighted by Crippen LogP contribution is -2.07. The third-order valence-corrected chi connectivity index (χ3v) is 3.58. The monoisotopic (exact) mass is 343 g/mol. The quantitative estimate of drug-likeness (QED) is 0.423. The summed E-state index contributed by atoms with van der Waals surface area (Å²) in [7, 11) is 0. The molecule has 2 aromatic carbocycles. The van der Waals surface area contributed by atoms with E-state index in [0.29, 0.717) is 36.8 Å². The Hall–Kier alpha value is -2.69. The molecule has 0 unspecified atom stereocenters. The molecular formula is C20H25NO4. The predicted octanol–water partition coefficient (Wildman–Crippen LogP) is 3.99. The topological polar surface area (TPSA) is 70.8 Å². The number of nitrogen functional groups attached to an aromatic ring is 1. The van der Waals surface area contributed by atoms with E-state index in [1.54, 1.807) is 25.1 Å². The maximum Gasteiger partial charge on any atom is 0.338 e. The Bertz CT molecular complexity index is 700. The van der Waals surface area contributed by atoms with E-state index in [9.17, 15) is 4.79 Å². The molecule has 5 heteroatoms. The molecule has 25 heavy (non-hydrogen) atoms. The first-order chi connectivity index (χ1) is 12.1. The van der Waals surface area contributed by atoms with Crippen LogP contribution in [0.5, 0.6) is 11.5 Å². The first kappa shape index (κ1) is 18.6. The minimum atomic E-state index is -0.376. The highest BCUT2D eigenvalue weighted by molar-refractivity contribution is 5.90. The van der Waals surface area contributed by atoms with Crippen molar-refractivity contribution in [1.82, 2.24) is 0 Å². The van der Waals surface area contributed by atoms with Crippen LogP contribution in [0.15, 0.2) is 42.5 Å². The van der Waals surface area contributed by atoms with E-state index in [1.807, 2.05) is 31.2 Å². The lowest BCUT2D eigenvalue weighted by atomic mass is 10.2. The fourth-order valence-corrected chi connectivity index (χ4v) is 2.28. The summed E-state index contributed by atoms with van der Waals surface area (Å²) < 4.78 is 16.4. The van der Waals surface area contributed by atoms with Gasteiger partial charge in [-0.1, -0.05) is 12.1 Å². The number of carbonyl (C=O) groups is 1. The second kappa shape index (κ2) is 9.57. The van der Waals surface area contributed by atoms with Crippen LogP contribution in [-0.4, -0.2) is 25.8 Å². The zero-order valence-electron chi connectivity index (χ0n) is 14.8. The molecule has 2 rings (SSSR count). The van der Waals surface area contributed by atoms with Gasteiger partial charge in [0.25, 0.3) is 0 Å². The summed E-state index contributed by atoms with van der Waals surface area (Å²) >= 11 is 0. The van der Waals surface area contributed by atoms with Crippen LogP contribution >= 0.6 is 0 Å². The number of aryl methyl sites for hydroxylation is 1. The fourth-order valence-electron chi connectivity index (χ4n) is 2.28. The molecule has 0 heterocycles. The molecule has 0 bridgehead atoms. The van der Waals surface area contributed by atoms with Gasteiger partial charge in [0, 0.05) is 0 Å². The zero-order chi connectivity index (χ0) is 18.1. The van der Waals surface area contributed by atoms with Crippen LogP contribution in [0.25, 0.3) is 0 Å². The first-order valence-corrected chi connectivity index (χ1v) is 8.49. The third kappa shape index (κ3) is 6.03. The van der Waals surface area contributed by atoms with Gasteiger partial charge < -0.3 is 19.9 Å². The Balaban J connectivity index is 1.74. The van der Waals surface area contributed by atoms with Gasteiger partial charge >= 0.3 is 5.97 Å². The maximum absolute atomic E-state index is 11.7. The smallest absolute Gasteiger partial charge is 0.338 e. The lowest BCUT2D eigenvalue weighted by molar-refractivity contribution is 0.0526. The highest BCUT2D eigenvalue weighted by Crippen LogP contribution is 2.23. The molecule has 0 atom stereocenters. The second-order valence-electron chi connectivity index (χ2n) is 5.69. The number of benzene rings is 2. The normalized spacial score (nSPS) is 10.3. The molecule has 0 aromatic heterocycles. The van der Waals surface area contributed by atoms with Gasteiger partial charge in [-0.25, -0.2) is 4.79 Å². The average Bonchev–Trinajstić information content (AvgIpc) is 2.59. The van der Waals surface area contributed by atoms with E-state index in [-0.39, 0.29) is 5.97 Å². The fraction of sp³-hybridized carbons (Fsp3) is 0.350. The van der Waals surface area contributed by atoms with Gasteiger partial charge in [-0.3, -0.25) is 0 Å². The van der Waals surface area contributed by atoms with Crippen molar-refractivity contribution in [2.45, 2.75) is 26.7 Å².